The minimum Gasteiger partial charge on any atom is -0.454 e. The van der Waals surface area contributed by atoms with Crippen LogP contribution in [0.2, 0.25) is 0 Å². The first kappa shape index (κ1) is 18.6. The third kappa shape index (κ3) is 3.78. The molecule has 0 aromatic heterocycles. The van der Waals surface area contributed by atoms with Gasteiger partial charge in [0.05, 0.1) is 5.69 Å². The summed E-state index contributed by atoms with van der Waals surface area (Å²) in [7, 11) is 0. The molecule has 0 unspecified atom stereocenters. The Morgan fingerprint density at radius 1 is 1.14 bits per heavy atom. The first-order valence-corrected chi connectivity index (χ1v) is 10.2. The van der Waals surface area contributed by atoms with Crippen molar-refractivity contribution in [2.45, 2.75) is 20.8 Å². The highest BCUT2D eigenvalue weighted by Gasteiger charge is 2.32. The molecular weight excluding hydrogens is 372 g/mol. The lowest BCUT2D eigenvalue weighted by molar-refractivity contribution is -0.113. The summed E-state index contributed by atoms with van der Waals surface area (Å²) < 4.78 is 10.8. The minimum atomic E-state index is -0.118. The summed E-state index contributed by atoms with van der Waals surface area (Å²) in [6, 6.07) is 13.6. The van der Waals surface area contributed by atoms with E-state index in [0.717, 1.165) is 33.5 Å². The number of nitrogens with zero attached hydrogens (tertiary/aromatic N) is 2. The van der Waals surface area contributed by atoms with Crippen LogP contribution in [0.15, 0.2) is 53.2 Å². The third-order valence-electron chi connectivity index (χ3n) is 4.37. The van der Waals surface area contributed by atoms with Gasteiger partial charge in [0.2, 0.25) is 6.79 Å². The van der Waals surface area contributed by atoms with Gasteiger partial charge in [-0.05, 0) is 48.7 Å². The minimum absolute atomic E-state index is 0.118. The number of hydrogen-bond acceptors (Lipinski definition) is 5. The highest BCUT2D eigenvalue weighted by Crippen LogP contribution is 2.34. The summed E-state index contributed by atoms with van der Waals surface area (Å²) >= 11 is 1.61. The van der Waals surface area contributed by atoms with Gasteiger partial charge in [0.1, 0.15) is 5.70 Å². The molecule has 0 saturated heterocycles. The Balaban J connectivity index is 1.67. The van der Waals surface area contributed by atoms with Gasteiger partial charge in [-0.1, -0.05) is 49.4 Å². The van der Waals surface area contributed by atoms with Crippen LogP contribution in [0.1, 0.15) is 25.0 Å². The zero-order valence-corrected chi connectivity index (χ0v) is 17.0. The average Bonchev–Trinajstić information content (AvgIpc) is 3.25. The van der Waals surface area contributed by atoms with E-state index in [1.54, 1.807) is 22.7 Å². The molecule has 4 rings (SSSR count). The number of carbonyl (C=O) groups excluding carboxylic acids is 1. The van der Waals surface area contributed by atoms with Crippen molar-refractivity contribution in [3.05, 3.63) is 59.3 Å². The van der Waals surface area contributed by atoms with Crippen LogP contribution in [0.4, 0.5) is 5.69 Å². The summed E-state index contributed by atoms with van der Waals surface area (Å²) in [5.74, 6) is 2.69. The van der Waals surface area contributed by atoms with Gasteiger partial charge in [-0.3, -0.25) is 9.69 Å². The number of thioether (sulfide) groups is 1. The van der Waals surface area contributed by atoms with Crippen LogP contribution < -0.4 is 14.4 Å². The van der Waals surface area contributed by atoms with E-state index in [2.05, 4.69) is 18.8 Å². The number of anilines is 1. The van der Waals surface area contributed by atoms with E-state index in [4.69, 9.17) is 9.47 Å². The molecule has 2 aliphatic heterocycles. The van der Waals surface area contributed by atoms with Crippen LogP contribution in [-0.2, 0) is 4.79 Å². The summed E-state index contributed by atoms with van der Waals surface area (Å²) in [6.07, 6.45) is 1.80. The second-order valence-corrected chi connectivity index (χ2v) is 8.20. The van der Waals surface area contributed by atoms with E-state index < -0.39 is 0 Å². The van der Waals surface area contributed by atoms with Crippen molar-refractivity contribution in [1.82, 2.24) is 0 Å². The molecule has 2 aromatic rings. The normalized spacial score (nSPS) is 17.0. The number of rotatable bonds is 4. The molecule has 0 saturated carbocycles. The number of fused-ring (bicyclic) bond motifs is 1. The molecule has 2 heterocycles. The average molecular weight is 394 g/mol. The maximum atomic E-state index is 13.2. The molecule has 0 N–H and O–H groups in total. The molecule has 0 bridgehead atoms. The Morgan fingerprint density at radius 2 is 1.89 bits per heavy atom. The Hall–Kier alpha value is -2.73. The van der Waals surface area contributed by atoms with Crippen molar-refractivity contribution in [2.24, 2.45) is 10.9 Å². The Kier molecular flexibility index (Phi) is 5.13. The molecule has 0 spiro atoms. The number of benzene rings is 2. The molecular formula is C22H22N2O3S. The molecule has 2 aromatic carbocycles. The van der Waals surface area contributed by atoms with Crippen LogP contribution >= 0.6 is 11.8 Å². The van der Waals surface area contributed by atoms with Gasteiger partial charge in [-0.25, -0.2) is 4.99 Å². The number of carbonyl (C=O) groups is 1. The van der Waals surface area contributed by atoms with Crippen molar-refractivity contribution < 1.29 is 14.3 Å². The zero-order valence-electron chi connectivity index (χ0n) is 16.1. The maximum Gasteiger partial charge on any atom is 0.283 e. The van der Waals surface area contributed by atoms with Crippen LogP contribution in [-0.4, -0.2) is 23.6 Å². The molecule has 0 aliphatic carbocycles. The van der Waals surface area contributed by atoms with Gasteiger partial charge < -0.3 is 9.47 Å². The highest BCUT2D eigenvalue weighted by atomic mass is 32.2. The number of aliphatic imine (C=N–C) groups is 1. The van der Waals surface area contributed by atoms with Crippen LogP contribution in [0.25, 0.3) is 6.08 Å². The first-order chi connectivity index (χ1) is 13.5. The molecule has 28 heavy (non-hydrogen) atoms. The monoisotopic (exact) mass is 394 g/mol. The van der Waals surface area contributed by atoms with Crippen LogP contribution in [0.5, 0.6) is 11.5 Å². The fraction of sp³-hybridized carbons (Fsp3) is 0.273. The van der Waals surface area contributed by atoms with Crippen LogP contribution in [0, 0.1) is 12.8 Å². The number of ether oxygens (including phenoxy) is 2. The van der Waals surface area contributed by atoms with Gasteiger partial charge in [0.15, 0.2) is 16.7 Å². The Labute approximate surface area is 169 Å². The SMILES string of the molecule is Cc1ccc(N2C(=O)/C(=C/c3ccc4c(c3)OCO4)N=C2SCC(C)C)cc1. The molecule has 0 atom stereocenters. The molecule has 1 amide bonds. The van der Waals surface area contributed by atoms with Crippen molar-refractivity contribution in [2.75, 3.05) is 17.4 Å². The third-order valence-corrected chi connectivity index (χ3v) is 5.73. The topological polar surface area (TPSA) is 51.1 Å². The molecule has 144 valence electrons. The summed E-state index contributed by atoms with van der Waals surface area (Å²) in [4.78, 5) is 19.5. The van der Waals surface area contributed by atoms with Gasteiger partial charge in [0, 0.05) is 5.75 Å². The fourth-order valence-electron chi connectivity index (χ4n) is 2.92. The van der Waals surface area contributed by atoms with E-state index in [1.165, 1.54) is 0 Å². The smallest absolute Gasteiger partial charge is 0.283 e. The number of aryl methyl sites for hydroxylation is 1. The lowest BCUT2D eigenvalue weighted by Crippen LogP contribution is -2.30. The van der Waals surface area contributed by atoms with Crippen LogP contribution in [0.3, 0.4) is 0 Å². The Bertz CT molecular complexity index is 964. The van der Waals surface area contributed by atoms with Crippen molar-refractivity contribution in [3.8, 4) is 11.5 Å². The second kappa shape index (κ2) is 7.72. The highest BCUT2D eigenvalue weighted by molar-refractivity contribution is 8.14. The van der Waals surface area contributed by atoms with E-state index >= 15 is 0 Å². The molecule has 6 heteroatoms. The molecule has 0 radical (unpaired) electrons. The fourth-order valence-corrected chi connectivity index (χ4v) is 3.88. The first-order valence-electron chi connectivity index (χ1n) is 9.25. The Morgan fingerprint density at radius 3 is 2.64 bits per heavy atom. The van der Waals surface area contributed by atoms with Crippen molar-refractivity contribution >= 4 is 34.6 Å². The lowest BCUT2D eigenvalue weighted by atomic mass is 10.1. The van der Waals surface area contributed by atoms with E-state index in [-0.39, 0.29) is 12.7 Å². The van der Waals surface area contributed by atoms with E-state index in [0.29, 0.717) is 17.4 Å². The number of amidine groups is 1. The van der Waals surface area contributed by atoms with E-state index in [1.807, 2.05) is 49.4 Å². The van der Waals surface area contributed by atoms with Gasteiger partial charge in [-0.2, -0.15) is 0 Å². The molecule has 0 fully saturated rings. The predicted molar refractivity (Wildman–Crippen MR) is 114 cm³/mol. The largest absolute Gasteiger partial charge is 0.454 e. The number of amides is 1. The molecule has 5 nitrogen and oxygen atoms in total. The summed E-state index contributed by atoms with van der Waals surface area (Å²) in [5, 5.41) is 0.717. The standard InChI is InChI=1S/C22H22N2O3S/c1-14(2)12-28-22-23-18(10-16-6-9-19-20(11-16)27-13-26-19)21(25)24(22)17-7-4-15(3)5-8-17/h4-11,14H,12-13H2,1-3H3/b18-10-. The molecule has 2 aliphatic rings. The summed E-state index contributed by atoms with van der Waals surface area (Å²) in [6.45, 7) is 6.57. The number of hydrogen-bond donors (Lipinski definition) is 0. The van der Waals surface area contributed by atoms with Gasteiger partial charge in [-0.15, -0.1) is 0 Å². The quantitative estimate of drug-likeness (QED) is 0.695. The van der Waals surface area contributed by atoms with Gasteiger partial charge in [0.25, 0.3) is 5.91 Å². The van der Waals surface area contributed by atoms with E-state index in [9.17, 15) is 4.79 Å². The van der Waals surface area contributed by atoms with Crippen molar-refractivity contribution in [3.63, 3.8) is 0 Å². The maximum absolute atomic E-state index is 13.2. The predicted octanol–water partition coefficient (Wildman–Crippen LogP) is 4.86. The lowest BCUT2D eigenvalue weighted by Gasteiger charge is -2.18. The second-order valence-electron chi connectivity index (χ2n) is 7.22. The summed E-state index contributed by atoms with van der Waals surface area (Å²) in [5.41, 5.74) is 3.26. The zero-order chi connectivity index (χ0) is 19.7. The van der Waals surface area contributed by atoms with Crippen molar-refractivity contribution in [1.29, 1.82) is 0 Å². The van der Waals surface area contributed by atoms with Gasteiger partial charge >= 0.3 is 0 Å².